The average molecular weight is 328 g/mol. The van der Waals surface area contributed by atoms with Crippen molar-refractivity contribution in [2.45, 2.75) is 57.9 Å². The molecule has 1 aromatic rings. The molecule has 1 aliphatic rings. The molecule has 19 heavy (non-hydrogen) atoms. The van der Waals surface area contributed by atoms with Crippen LogP contribution in [0.3, 0.4) is 0 Å². The Labute approximate surface area is 123 Å². The molecule has 2 N–H and O–H groups in total. The van der Waals surface area contributed by atoms with Gasteiger partial charge in [0.15, 0.2) is 0 Å². The molecule has 2 rings (SSSR count). The smallest absolute Gasteiger partial charge is 0.123 e. The second-order valence-corrected chi connectivity index (χ2v) is 7.65. The van der Waals surface area contributed by atoms with E-state index in [-0.39, 0.29) is 11.4 Å². The molecule has 0 bridgehead atoms. The van der Waals surface area contributed by atoms with Gasteiger partial charge in [-0.05, 0) is 61.3 Å². The zero-order chi connectivity index (χ0) is 14.1. The zero-order valence-corrected chi connectivity index (χ0v) is 13.4. The maximum absolute atomic E-state index is 13.4. The average Bonchev–Trinajstić information content (AvgIpc) is 2.44. The molecule has 1 saturated carbocycles. The van der Waals surface area contributed by atoms with Crippen LogP contribution in [0.15, 0.2) is 22.7 Å². The quantitative estimate of drug-likeness (QED) is 0.774. The van der Waals surface area contributed by atoms with E-state index in [1.807, 2.05) is 0 Å². The van der Waals surface area contributed by atoms with E-state index in [9.17, 15) is 4.39 Å². The summed E-state index contributed by atoms with van der Waals surface area (Å²) >= 11 is 3.50. The highest BCUT2D eigenvalue weighted by molar-refractivity contribution is 9.10. The summed E-state index contributed by atoms with van der Waals surface area (Å²) in [4.78, 5) is 0. The first kappa shape index (κ1) is 15.0. The van der Waals surface area contributed by atoms with E-state index in [4.69, 9.17) is 5.73 Å². The summed E-state index contributed by atoms with van der Waals surface area (Å²) in [5.41, 5.74) is 7.77. The third-order valence-corrected chi connectivity index (χ3v) is 5.15. The molecule has 1 aliphatic carbocycles. The fourth-order valence-corrected chi connectivity index (χ4v) is 3.38. The summed E-state index contributed by atoms with van der Waals surface area (Å²) in [5.74, 6) is -0.184. The normalized spacial score (nSPS) is 27.0. The molecular weight excluding hydrogens is 305 g/mol. The summed E-state index contributed by atoms with van der Waals surface area (Å²) in [5, 5.41) is 0. The van der Waals surface area contributed by atoms with Gasteiger partial charge < -0.3 is 5.73 Å². The monoisotopic (exact) mass is 327 g/mol. The Bertz CT molecular complexity index is 458. The van der Waals surface area contributed by atoms with E-state index < -0.39 is 0 Å². The highest BCUT2D eigenvalue weighted by Crippen LogP contribution is 2.39. The van der Waals surface area contributed by atoms with Gasteiger partial charge in [-0.1, -0.05) is 36.2 Å². The predicted octanol–water partition coefficient (Wildman–Crippen LogP) is 4.82. The molecule has 0 heterocycles. The van der Waals surface area contributed by atoms with E-state index in [0.717, 1.165) is 42.1 Å². The highest BCUT2D eigenvalue weighted by atomic mass is 79.9. The molecule has 0 aromatic heterocycles. The van der Waals surface area contributed by atoms with Crippen LogP contribution in [0.2, 0.25) is 0 Å². The predicted molar refractivity (Wildman–Crippen MR) is 81.6 cm³/mol. The molecule has 0 radical (unpaired) electrons. The fraction of sp³-hybridized carbons (Fsp3) is 0.625. The van der Waals surface area contributed by atoms with Crippen molar-refractivity contribution in [2.75, 3.05) is 0 Å². The lowest BCUT2D eigenvalue weighted by Gasteiger charge is -2.29. The SMILES string of the molecule is CC1(C)CCCC(N)(Cc2cc(F)ccc2Br)CC1. The molecule has 0 aliphatic heterocycles. The van der Waals surface area contributed by atoms with Gasteiger partial charge in [-0.3, -0.25) is 0 Å². The third kappa shape index (κ3) is 4.03. The summed E-state index contributed by atoms with van der Waals surface area (Å²) < 4.78 is 14.3. The van der Waals surface area contributed by atoms with Crippen molar-refractivity contribution in [2.24, 2.45) is 11.1 Å². The van der Waals surface area contributed by atoms with Crippen LogP contribution in [-0.2, 0) is 6.42 Å². The molecule has 3 heteroatoms. The number of rotatable bonds is 2. The van der Waals surface area contributed by atoms with Crippen LogP contribution in [0.1, 0.15) is 51.5 Å². The molecule has 0 amide bonds. The molecule has 0 saturated heterocycles. The highest BCUT2D eigenvalue weighted by Gasteiger charge is 2.33. The molecule has 0 spiro atoms. The minimum atomic E-state index is -0.190. The van der Waals surface area contributed by atoms with Crippen LogP contribution >= 0.6 is 15.9 Å². The van der Waals surface area contributed by atoms with Crippen molar-refractivity contribution < 1.29 is 4.39 Å². The summed E-state index contributed by atoms with van der Waals surface area (Å²) in [6, 6.07) is 4.86. The van der Waals surface area contributed by atoms with Crippen molar-refractivity contribution in [3.8, 4) is 0 Å². The lowest BCUT2D eigenvalue weighted by Crippen LogP contribution is -2.41. The van der Waals surface area contributed by atoms with Gasteiger partial charge in [-0.2, -0.15) is 0 Å². The molecule has 106 valence electrons. The summed E-state index contributed by atoms with van der Waals surface area (Å²) in [7, 11) is 0. The fourth-order valence-electron chi connectivity index (χ4n) is 2.99. The van der Waals surface area contributed by atoms with Gasteiger partial charge in [0.25, 0.3) is 0 Å². The molecule has 1 fully saturated rings. The minimum absolute atomic E-state index is 0.184. The van der Waals surface area contributed by atoms with E-state index in [2.05, 4.69) is 29.8 Å². The van der Waals surface area contributed by atoms with Gasteiger partial charge in [-0.15, -0.1) is 0 Å². The Morgan fingerprint density at radius 3 is 2.68 bits per heavy atom. The van der Waals surface area contributed by atoms with E-state index in [1.54, 1.807) is 12.1 Å². The number of benzene rings is 1. The van der Waals surface area contributed by atoms with Crippen LogP contribution in [0.25, 0.3) is 0 Å². The molecule has 1 atom stereocenters. The number of hydrogen-bond acceptors (Lipinski definition) is 1. The van der Waals surface area contributed by atoms with E-state index in [1.165, 1.54) is 12.5 Å². The first-order valence-electron chi connectivity index (χ1n) is 7.03. The Morgan fingerprint density at radius 2 is 1.95 bits per heavy atom. The molecular formula is C16H23BrFN. The maximum Gasteiger partial charge on any atom is 0.123 e. The van der Waals surface area contributed by atoms with Gasteiger partial charge in [-0.25, -0.2) is 4.39 Å². The topological polar surface area (TPSA) is 26.0 Å². The van der Waals surface area contributed by atoms with Gasteiger partial charge in [0.1, 0.15) is 5.82 Å². The Hall–Kier alpha value is -0.410. The van der Waals surface area contributed by atoms with Gasteiger partial charge in [0.05, 0.1) is 0 Å². The number of hydrogen-bond donors (Lipinski definition) is 1. The van der Waals surface area contributed by atoms with Crippen molar-refractivity contribution in [1.82, 2.24) is 0 Å². The Morgan fingerprint density at radius 1 is 1.21 bits per heavy atom. The first-order chi connectivity index (χ1) is 8.80. The summed E-state index contributed by atoms with van der Waals surface area (Å²) in [6.07, 6.45) is 6.34. The van der Waals surface area contributed by atoms with Crippen LogP contribution < -0.4 is 5.73 Å². The molecule has 1 nitrogen and oxygen atoms in total. The van der Waals surface area contributed by atoms with Crippen molar-refractivity contribution in [3.05, 3.63) is 34.1 Å². The van der Waals surface area contributed by atoms with Gasteiger partial charge in [0.2, 0.25) is 0 Å². The van der Waals surface area contributed by atoms with Gasteiger partial charge >= 0.3 is 0 Å². The van der Waals surface area contributed by atoms with Crippen LogP contribution in [0.4, 0.5) is 4.39 Å². The Kier molecular flexibility index (Phi) is 4.36. The lowest BCUT2D eigenvalue weighted by molar-refractivity contribution is 0.297. The zero-order valence-electron chi connectivity index (χ0n) is 11.8. The Balaban J connectivity index is 2.14. The summed E-state index contributed by atoms with van der Waals surface area (Å²) in [6.45, 7) is 4.63. The van der Waals surface area contributed by atoms with Crippen LogP contribution in [0.5, 0.6) is 0 Å². The standard InChI is InChI=1S/C16H23BrFN/c1-15(2)6-3-7-16(19,9-8-15)11-12-10-13(18)4-5-14(12)17/h4-5,10H,3,6-9,11,19H2,1-2H3. The minimum Gasteiger partial charge on any atom is -0.325 e. The first-order valence-corrected chi connectivity index (χ1v) is 7.82. The van der Waals surface area contributed by atoms with Crippen LogP contribution in [0, 0.1) is 11.2 Å². The molecule has 1 aromatic carbocycles. The number of halogens is 2. The van der Waals surface area contributed by atoms with E-state index >= 15 is 0 Å². The lowest BCUT2D eigenvalue weighted by atomic mass is 9.81. The van der Waals surface area contributed by atoms with E-state index in [0.29, 0.717) is 5.41 Å². The maximum atomic E-state index is 13.4. The van der Waals surface area contributed by atoms with Crippen molar-refractivity contribution in [3.63, 3.8) is 0 Å². The van der Waals surface area contributed by atoms with Gasteiger partial charge in [0, 0.05) is 10.0 Å². The van der Waals surface area contributed by atoms with Crippen molar-refractivity contribution in [1.29, 1.82) is 0 Å². The number of nitrogens with two attached hydrogens (primary N) is 1. The second-order valence-electron chi connectivity index (χ2n) is 6.79. The molecule has 1 unspecified atom stereocenters. The van der Waals surface area contributed by atoms with Crippen LogP contribution in [-0.4, -0.2) is 5.54 Å². The van der Waals surface area contributed by atoms with Crippen molar-refractivity contribution >= 4 is 15.9 Å². The third-order valence-electron chi connectivity index (χ3n) is 4.38. The second kappa shape index (κ2) is 5.53. The largest absolute Gasteiger partial charge is 0.325 e.